The lowest BCUT2D eigenvalue weighted by atomic mass is 9.94. The first-order valence-corrected chi connectivity index (χ1v) is 10.2. The lowest BCUT2D eigenvalue weighted by Crippen LogP contribution is -2.11. The van der Waals surface area contributed by atoms with Crippen molar-refractivity contribution in [1.29, 1.82) is 0 Å². The van der Waals surface area contributed by atoms with Gasteiger partial charge in [-0.05, 0) is 51.6 Å². The van der Waals surface area contributed by atoms with Gasteiger partial charge in [-0.15, -0.1) is 0 Å². The molecule has 146 valence electrons. The number of hydrogen-bond donors (Lipinski definition) is 0. The summed E-state index contributed by atoms with van der Waals surface area (Å²) in [6.45, 7) is 1.66. The van der Waals surface area contributed by atoms with Crippen LogP contribution < -0.4 is 0 Å². The summed E-state index contributed by atoms with van der Waals surface area (Å²) in [7, 11) is 0. The van der Waals surface area contributed by atoms with Crippen molar-refractivity contribution < 1.29 is 14.2 Å². The number of benzene rings is 3. The largest absolute Gasteiger partial charge is 0.488 e. The standard InChI is InChI=1S/C27H20O3/c1-3-8-20-15-28-25(12-18(20)6-1)23-11-5-10-22-17-30-27(14-24(22)23)26-13-19-7-2-4-9-21(19)16-29-26/h1-14H,15-17H2. The van der Waals surface area contributed by atoms with Gasteiger partial charge in [0.25, 0.3) is 0 Å². The molecule has 0 fully saturated rings. The van der Waals surface area contributed by atoms with Crippen LogP contribution in [0, 0.1) is 0 Å². The highest BCUT2D eigenvalue weighted by Gasteiger charge is 2.23. The molecule has 0 saturated heterocycles. The highest BCUT2D eigenvalue weighted by atomic mass is 16.5. The molecule has 0 atom stereocenters. The van der Waals surface area contributed by atoms with Crippen LogP contribution in [0.25, 0.3) is 24.0 Å². The summed E-state index contributed by atoms with van der Waals surface area (Å²) in [5.74, 6) is 2.44. The fourth-order valence-electron chi connectivity index (χ4n) is 4.18. The van der Waals surface area contributed by atoms with Crippen molar-refractivity contribution in [3.63, 3.8) is 0 Å². The van der Waals surface area contributed by atoms with Gasteiger partial charge in [-0.1, -0.05) is 66.7 Å². The van der Waals surface area contributed by atoms with Gasteiger partial charge in [0.1, 0.15) is 25.6 Å². The van der Waals surface area contributed by atoms with Crippen molar-refractivity contribution >= 4 is 24.0 Å². The molecule has 30 heavy (non-hydrogen) atoms. The van der Waals surface area contributed by atoms with E-state index in [4.69, 9.17) is 14.2 Å². The third-order valence-electron chi connectivity index (χ3n) is 5.81. The van der Waals surface area contributed by atoms with E-state index in [2.05, 4.69) is 66.8 Å². The Morgan fingerprint density at radius 1 is 0.467 bits per heavy atom. The van der Waals surface area contributed by atoms with Gasteiger partial charge in [-0.25, -0.2) is 0 Å². The van der Waals surface area contributed by atoms with Crippen LogP contribution in [0.3, 0.4) is 0 Å². The molecular weight excluding hydrogens is 372 g/mol. The van der Waals surface area contributed by atoms with Crippen molar-refractivity contribution in [2.24, 2.45) is 0 Å². The van der Waals surface area contributed by atoms with Gasteiger partial charge in [-0.2, -0.15) is 0 Å². The van der Waals surface area contributed by atoms with Crippen LogP contribution in [0.5, 0.6) is 0 Å². The van der Waals surface area contributed by atoms with Gasteiger partial charge < -0.3 is 14.2 Å². The smallest absolute Gasteiger partial charge is 0.162 e. The molecule has 3 aliphatic heterocycles. The maximum atomic E-state index is 6.13. The molecule has 3 aromatic rings. The van der Waals surface area contributed by atoms with Gasteiger partial charge in [0.15, 0.2) is 11.5 Å². The quantitative estimate of drug-likeness (QED) is 0.523. The Kier molecular flexibility index (Phi) is 3.98. The maximum Gasteiger partial charge on any atom is 0.162 e. The summed E-state index contributed by atoms with van der Waals surface area (Å²) in [6.07, 6.45) is 6.27. The molecule has 0 N–H and O–H groups in total. The van der Waals surface area contributed by atoms with Gasteiger partial charge in [0.05, 0.1) is 0 Å². The SMILES string of the molecule is C1=C(C2=Cc3c(cccc3C3=Cc4ccccc4CO3)CO2)OCc2ccccc21. The predicted octanol–water partition coefficient (Wildman–Crippen LogP) is 6.16. The van der Waals surface area contributed by atoms with Crippen LogP contribution in [0.1, 0.15) is 38.9 Å². The third-order valence-corrected chi connectivity index (χ3v) is 5.81. The molecule has 0 amide bonds. The Hall–Kier alpha value is -3.72. The molecule has 0 bridgehead atoms. The average Bonchev–Trinajstić information content (AvgIpc) is 2.82. The van der Waals surface area contributed by atoms with Gasteiger partial charge in [-0.3, -0.25) is 0 Å². The van der Waals surface area contributed by atoms with Gasteiger partial charge >= 0.3 is 0 Å². The van der Waals surface area contributed by atoms with Crippen molar-refractivity contribution in [2.75, 3.05) is 0 Å². The number of fused-ring (bicyclic) bond motifs is 3. The molecule has 3 heterocycles. The van der Waals surface area contributed by atoms with E-state index >= 15 is 0 Å². The summed E-state index contributed by atoms with van der Waals surface area (Å²) >= 11 is 0. The van der Waals surface area contributed by atoms with Crippen molar-refractivity contribution in [2.45, 2.75) is 19.8 Å². The second-order valence-corrected chi connectivity index (χ2v) is 7.67. The van der Waals surface area contributed by atoms with Crippen LogP contribution in [0.4, 0.5) is 0 Å². The van der Waals surface area contributed by atoms with Crippen LogP contribution >= 0.6 is 0 Å². The Morgan fingerprint density at radius 3 is 1.73 bits per heavy atom. The van der Waals surface area contributed by atoms with E-state index in [1.807, 2.05) is 18.2 Å². The topological polar surface area (TPSA) is 27.7 Å². The highest BCUT2D eigenvalue weighted by molar-refractivity contribution is 5.85. The Bertz CT molecular complexity index is 1250. The first-order chi connectivity index (χ1) is 14.8. The highest BCUT2D eigenvalue weighted by Crippen LogP contribution is 2.37. The number of ether oxygens (including phenoxy) is 3. The van der Waals surface area contributed by atoms with Crippen molar-refractivity contribution in [3.05, 3.63) is 117 Å². The summed E-state index contributed by atoms with van der Waals surface area (Å²) < 4.78 is 18.2. The third kappa shape index (κ3) is 2.91. The van der Waals surface area contributed by atoms with Crippen molar-refractivity contribution in [3.8, 4) is 0 Å². The zero-order valence-corrected chi connectivity index (χ0v) is 16.4. The zero-order valence-electron chi connectivity index (χ0n) is 16.4. The van der Waals surface area contributed by atoms with Gasteiger partial charge in [0.2, 0.25) is 0 Å². The minimum atomic E-state index is 0.515. The maximum absolute atomic E-state index is 6.13. The lowest BCUT2D eigenvalue weighted by molar-refractivity contribution is 0.136. The molecule has 0 radical (unpaired) electrons. The molecule has 3 nitrogen and oxygen atoms in total. The monoisotopic (exact) mass is 392 g/mol. The second kappa shape index (κ2) is 6.96. The molecule has 0 unspecified atom stereocenters. The molecular formula is C27H20O3. The Balaban J connectivity index is 1.42. The second-order valence-electron chi connectivity index (χ2n) is 7.67. The molecule has 3 heteroatoms. The molecule has 0 aromatic heterocycles. The molecule has 0 saturated carbocycles. The molecule has 0 aliphatic carbocycles. The van der Waals surface area contributed by atoms with E-state index in [1.165, 1.54) is 22.3 Å². The fourth-order valence-corrected chi connectivity index (χ4v) is 4.18. The molecule has 3 aliphatic rings. The fraction of sp³-hybridized carbons (Fsp3) is 0.111. The Labute approximate surface area is 175 Å². The van der Waals surface area contributed by atoms with E-state index in [0.717, 1.165) is 34.0 Å². The van der Waals surface area contributed by atoms with E-state index in [9.17, 15) is 0 Å². The molecule has 3 aromatic carbocycles. The van der Waals surface area contributed by atoms with Crippen LogP contribution in [-0.4, -0.2) is 0 Å². The molecule has 0 spiro atoms. The van der Waals surface area contributed by atoms with E-state index in [0.29, 0.717) is 19.8 Å². The van der Waals surface area contributed by atoms with E-state index in [-0.39, 0.29) is 0 Å². The predicted molar refractivity (Wildman–Crippen MR) is 118 cm³/mol. The summed E-state index contributed by atoms with van der Waals surface area (Å²) in [4.78, 5) is 0. The zero-order chi connectivity index (χ0) is 19.9. The van der Waals surface area contributed by atoms with Crippen LogP contribution in [-0.2, 0) is 34.0 Å². The average molecular weight is 392 g/mol. The normalized spacial score (nSPS) is 16.3. The van der Waals surface area contributed by atoms with Crippen LogP contribution in [0.15, 0.2) is 78.2 Å². The van der Waals surface area contributed by atoms with Gasteiger partial charge in [0, 0.05) is 5.56 Å². The van der Waals surface area contributed by atoms with E-state index < -0.39 is 0 Å². The first-order valence-electron chi connectivity index (χ1n) is 10.2. The summed E-state index contributed by atoms with van der Waals surface area (Å²) in [5, 5.41) is 0. The van der Waals surface area contributed by atoms with Crippen molar-refractivity contribution in [1.82, 2.24) is 0 Å². The molecule has 6 rings (SSSR count). The lowest BCUT2D eigenvalue weighted by Gasteiger charge is -2.26. The summed E-state index contributed by atoms with van der Waals surface area (Å²) in [5.41, 5.74) is 8.16. The minimum absolute atomic E-state index is 0.515. The minimum Gasteiger partial charge on any atom is -0.488 e. The summed E-state index contributed by atoms with van der Waals surface area (Å²) in [6, 6.07) is 22.9. The Morgan fingerprint density at radius 2 is 1.00 bits per heavy atom. The first kappa shape index (κ1) is 17.2. The van der Waals surface area contributed by atoms with Crippen LogP contribution in [0.2, 0.25) is 0 Å². The van der Waals surface area contributed by atoms with E-state index in [1.54, 1.807) is 0 Å². The number of rotatable bonds is 2. The number of hydrogen-bond acceptors (Lipinski definition) is 3.